The van der Waals surface area contributed by atoms with Gasteiger partial charge in [0.2, 0.25) is 0 Å². The molecule has 166 valence electrons. The quantitative estimate of drug-likeness (QED) is 0.209. The summed E-state index contributed by atoms with van der Waals surface area (Å²) in [5, 5.41) is 15.9. The fourth-order valence-corrected chi connectivity index (χ4v) is 4.54. The lowest BCUT2D eigenvalue weighted by Crippen LogP contribution is -2.32. The summed E-state index contributed by atoms with van der Waals surface area (Å²) in [7, 11) is 1.60. The molecule has 0 spiro atoms. The Balaban J connectivity index is 1.59. The van der Waals surface area contributed by atoms with Crippen LogP contribution in [0.1, 0.15) is 16.1 Å². The van der Waals surface area contributed by atoms with Gasteiger partial charge in [-0.3, -0.25) is 9.59 Å². The van der Waals surface area contributed by atoms with E-state index in [1.54, 1.807) is 31.0 Å². The van der Waals surface area contributed by atoms with Crippen molar-refractivity contribution in [2.75, 3.05) is 12.4 Å². The third-order valence-corrected chi connectivity index (χ3v) is 6.69. The Morgan fingerprint density at radius 1 is 1.16 bits per heavy atom. The Morgan fingerprint density at radius 2 is 1.97 bits per heavy atom. The minimum atomic E-state index is -0.928. The first-order valence-electron chi connectivity index (χ1n) is 9.05. The normalized spacial score (nSPS) is 10.9. The van der Waals surface area contributed by atoms with Gasteiger partial charge in [0.1, 0.15) is 10.8 Å². The number of benzene rings is 2. The Hall–Kier alpha value is -2.66. The van der Waals surface area contributed by atoms with Crippen LogP contribution in [-0.4, -0.2) is 35.3 Å². The summed E-state index contributed by atoms with van der Waals surface area (Å²) in [5.41, 5.74) is 4.18. The molecule has 0 unspecified atom stereocenters. The summed E-state index contributed by atoms with van der Waals surface area (Å²) in [6.45, 7) is 1.90. The molecule has 0 atom stereocenters. The second kappa shape index (κ2) is 11.3. The fraction of sp³-hybridized carbons (Fsp3) is 0.150. The first-order chi connectivity index (χ1) is 15.4. The van der Waals surface area contributed by atoms with Gasteiger partial charge in [0.25, 0.3) is 0 Å². The van der Waals surface area contributed by atoms with Crippen LogP contribution in [0.3, 0.4) is 0 Å². The predicted octanol–water partition coefficient (Wildman–Crippen LogP) is 4.54. The van der Waals surface area contributed by atoms with E-state index in [1.807, 2.05) is 13.0 Å². The largest absolute Gasteiger partial charge is 0.496 e. The smallest absolute Gasteiger partial charge is 0.329 e. The number of rotatable bonds is 7. The number of nitrogens with one attached hydrogen (secondary N) is 2. The molecule has 0 aliphatic carbocycles. The van der Waals surface area contributed by atoms with Gasteiger partial charge in [-0.2, -0.15) is 5.10 Å². The first kappa shape index (κ1) is 24.0. The monoisotopic (exact) mass is 509 g/mol. The highest BCUT2D eigenvalue weighted by Crippen LogP contribution is 2.30. The second-order valence-electron chi connectivity index (χ2n) is 6.23. The van der Waals surface area contributed by atoms with E-state index in [0.717, 1.165) is 26.2 Å². The van der Waals surface area contributed by atoms with E-state index < -0.39 is 11.8 Å². The van der Waals surface area contributed by atoms with Crippen LogP contribution in [0.4, 0.5) is 5.69 Å². The molecule has 3 aromatic rings. The summed E-state index contributed by atoms with van der Waals surface area (Å²) >= 11 is 14.8. The molecule has 2 aromatic carbocycles. The second-order valence-corrected chi connectivity index (χ2v) is 9.45. The number of thioether (sulfide) groups is 1. The summed E-state index contributed by atoms with van der Waals surface area (Å²) in [5.74, 6) is -0.471. The average Bonchev–Trinajstić information content (AvgIpc) is 3.20. The maximum atomic E-state index is 12.0. The molecule has 3 rings (SSSR count). The molecule has 1 heterocycles. The van der Waals surface area contributed by atoms with Crippen molar-refractivity contribution < 1.29 is 14.3 Å². The minimum Gasteiger partial charge on any atom is -0.496 e. The number of halogens is 2. The number of carbonyl (C=O) groups excluding carboxylic acids is 2. The standard InChI is InChI=1S/C20H17Cl2N5O3S2/c1-11-25-27-20(32-11)31-10-13-7-12(3-6-17(13)30-2)9-23-26-19(29)18(28)24-14-4-5-15(21)16(22)8-14/h3-9H,10H2,1-2H3,(H,24,28)(H,26,29)/b23-9+. The average molecular weight is 510 g/mol. The molecule has 0 saturated carbocycles. The maximum Gasteiger partial charge on any atom is 0.329 e. The minimum absolute atomic E-state index is 0.262. The Morgan fingerprint density at radius 3 is 2.66 bits per heavy atom. The molecule has 12 heteroatoms. The van der Waals surface area contributed by atoms with Crippen molar-refractivity contribution in [3.63, 3.8) is 0 Å². The summed E-state index contributed by atoms with van der Waals surface area (Å²) < 4.78 is 6.27. The van der Waals surface area contributed by atoms with Crippen LogP contribution in [0, 0.1) is 6.92 Å². The van der Waals surface area contributed by atoms with Crippen LogP contribution < -0.4 is 15.5 Å². The predicted molar refractivity (Wildman–Crippen MR) is 128 cm³/mol. The Bertz CT molecular complexity index is 1170. The van der Waals surface area contributed by atoms with Gasteiger partial charge in [-0.05, 0) is 48.9 Å². The SMILES string of the molecule is COc1ccc(/C=N/NC(=O)C(=O)Nc2ccc(Cl)c(Cl)c2)cc1CSc1nnc(C)s1. The molecule has 0 bridgehead atoms. The number of hydrogen-bond donors (Lipinski definition) is 2. The van der Waals surface area contributed by atoms with E-state index in [2.05, 4.69) is 26.0 Å². The molecule has 32 heavy (non-hydrogen) atoms. The fourth-order valence-electron chi connectivity index (χ4n) is 2.45. The molecule has 0 aliphatic heterocycles. The first-order valence-corrected chi connectivity index (χ1v) is 11.6. The highest BCUT2D eigenvalue weighted by molar-refractivity contribution is 8.00. The van der Waals surface area contributed by atoms with Crippen LogP contribution in [-0.2, 0) is 15.3 Å². The van der Waals surface area contributed by atoms with E-state index in [4.69, 9.17) is 27.9 Å². The van der Waals surface area contributed by atoms with Gasteiger partial charge >= 0.3 is 11.8 Å². The van der Waals surface area contributed by atoms with Gasteiger partial charge in [0.05, 0.1) is 23.4 Å². The van der Waals surface area contributed by atoms with E-state index in [9.17, 15) is 9.59 Å². The molecular formula is C20H17Cl2N5O3S2. The molecule has 8 nitrogen and oxygen atoms in total. The molecule has 2 N–H and O–H groups in total. The van der Waals surface area contributed by atoms with Crippen molar-refractivity contribution in [2.45, 2.75) is 17.0 Å². The van der Waals surface area contributed by atoms with Crippen molar-refractivity contribution in [3.8, 4) is 5.75 Å². The molecular weight excluding hydrogens is 493 g/mol. The molecule has 2 amide bonds. The lowest BCUT2D eigenvalue weighted by molar-refractivity contribution is -0.136. The number of ether oxygens (including phenoxy) is 1. The molecule has 0 fully saturated rings. The van der Waals surface area contributed by atoms with Gasteiger partial charge in [-0.15, -0.1) is 10.2 Å². The third-order valence-electron chi connectivity index (χ3n) is 3.93. The Labute approximate surface area is 202 Å². The van der Waals surface area contributed by atoms with Crippen molar-refractivity contribution in [1.82, 2.24) is 15.6 Å². The van der Waals surface area contributed by atoms with E-state index in [1.165, 1.54) is 35.8 Å². The van der Waals surface area contributed by atoms with E-state index in [0.29, 0.717) is 16.5 Å². The summed E-state index contributed by atoms with van der Waals surface area (Å²) in [6.07, 6.45) is 1.44. The highest BCUT2D eigenvalue weighted by Gasteiger charge is 2.13. The van der Waals surface area contributed by atoms with Crippen molar-refractivity contribution in [3.05, 3.63) is 62.6 Å². The number of hydrazone groups is 1. The topological polar surface area (TPSA) is 106 Å². The molecule has 0 aliphatic rings. The van der Waals surface area contributed by atoms with Crippen LogP contribution in [0.15, 0.2) is 45.8 Å². The van der Waals surface area contributed by atoms with Crippen LogP contribution in [0.2, 0.25) is 10.0 Å². The highest BCUT2D eigenvalue weighted by atomic mass is 35.5. The van der Waals surface area contributed by atoms with Gasteiger partial charge in [-0.1, -0.05) is 46.3 Å². The van der Waals surface area contributed by atoms with Crippen LogP contribution in [0.25, 0.3) is 0 Å². The number of aryl methyl sites for hydroxylation is 1. The van der Waals surface area contributed by atoms with E-state index >= 15 is 0 Å². The third kappa shape index (κ3) is 6.67. The van der Waals surface area contributed by atoms with E-state index in [-0.39, 0.29) is 5.02 Å². The van der Waals surface area contributed by atoms with Gasteiger partial charge in [0, 0.05) is 17.0 Å². The van der Waals surface area contributed by atoms with Gasteiger partial charge < -0.3 is 10.1 Å². The zero-order valence-electron chi connectivity index (χ0n) is 16.9. The van der Waals surface area contributed by atoms with Crippen LogP contribution in [0.5, 0.6) is 5.75 Å². The van der Waals surface area contributed by atoms with Gasteiger partial charge in [-0.25, -0.2) is 5.43 Å². The maximum absolute atomic E-state index is 12.0. The number of aromatic nitrogens is 2. The number of amides is 2. The molecule has 1 aromatic heterocycles. The van der Waals surface area contributed by atoms with Crippen molar-refractivity contribution in [2.24, 2.45) is 5.10 Å². The summed E-state index contributed by atoms with van der Waals surface area (Å²) in [4.78, 5) is 24.0. The summed E-state index contributed by atoms with van der Waals surface area (Å²) in [6, 6.07) is 9.96. The van der Waals surface area contributed by atoms with Crippen molar-refractivity contribution in [1.29, 1.82) is 0 Å². The number of hydrogen-bond acceptors (Lipinski definition) is 8. The Kier molecular flexibility index (Phi) is 8.46. The van der Waals surface area contributed by atoms with Gasteiger partial charge in [0.15, 0.2) is 4.34 Å². The zero-order valence-corrected chi connectivity index (χ0v) is 20.0. The van der Waals surface area contributed by atoms with Crippen LogP contribution >= 0.6 is 46.3 Å². The number of nitrogens with zero attached hydrogens (tertiary/aromatic N) is 3. The molecule has 0 radical (unpaired) electrons. The zero-order chi connectivity index (χ0) is 23.1. The number of anilines is 1. The molecule has 0 saturated heterocycles. The lowest BCUT2D eigenvalue weighted by atomic mass is 10.1. The lowest BCUT2D eigenvalue weighted by Gasteiger charge is -2.08. The number of carbonyl (C=O) groups is 2. The van der Waals surface area contributed by atoms with Crippen molar-refractivity contribution >= 4 is 70.0 Å². The number of methoxy groups -OCH3 is 1.